The van der Waals surface area contributed by atoms with Gasteiger partial charge in [0.25, 0.3) is 0 Å². The second kappa shape index (κ2) is 6.96. The zero-order valence-corrected chi connectivity index (χ0v) is 14.6. The molecule has 0 aliphatic carbocycles. The third-order valence-electron chi connectivity index (χ3n) is 3.83. The van der Waals surface area contributed by atoms with Gasteiger partial charge in [0.1, 0.15) is 5.82 Å². The molecule has 0 radical (unpaired) electrons. The first-order valence-corrected chi connectivity index (χ1v) is 8.72. The van der Waals surface area contributed by atoms with Gasteiger partial charge in [-0.3, -0.25) is 4.79 Å². The average Bonchev–Trinajstić information content (AvgIpc) is 3.22. The Labute approximate surface area is 143 Å². The van der Waals surface area contributed by atoms with Crippen LogP contribution in [0, 0.1) is 5.92 Å². The molecule has 0 saturated heterocycles. The molecule has 126 valence electrons. The zero-order valence-electron chi connectivity index (χ0n) is 13.8. The maximum absolute atomic E-state index is 11.8. The van der Waals surface area contributed by atoms with E-state index in [0.29, 0.717) is 23.9 Å². The fraction of sp³-hybridized carbons (Fsp3) is 0.375. The van der Waals surface area contributed by atoms with Gasteiger partial charge in [0, 0.05) is 17.0 Å². The van der Waals surface area contributed by atoms with E-state index in [1.165, 1.54) is 0 Å². The van der Waals surface area contributed by atoms with Crippen molar-refractivity contribution in [2.75, 3.05) is 11.9 Å². The van der Waals surface area contributed by atoms with E-state index in [9.17, 15) is 4.79 Å². The summed E-state index contributed by atoms with van der Waals surface area (Å²) in [4.78, 5) is 11.8. The average molecular weight is 345 g/mol. The number of rotatable bonds is 6. The number of nitrogens with zero attached hydrogens (tertiary/aromatic N) is 4. The van der Waals surface area contributed by atoms with Crippen molar-refractivity contribution in [2.24, 2.45) is 5.92 Å². The summed E-state index contributed by atoms with van der Waals surface area (Å²) in [5.41, 5.74) is 1.65. The molecule has 3 rings (SSSR count). The van der Waals surface area contributed by atoms with Gasteiger partial charge in [0.05, 0.1) is 12.5 Å². The van der Waals surface area contributed by atoms with Gasteiger partial charge in [-0.05, 0) is 44.4 Å². The van der Waals surface area contributed by atoms with Crippen molar-refractivity contribution in [1.29, 1.82) is 0 Å². The van der Waals surface area contributed by atoms with Crippen LogP contribution in [0.15, 0.2) is 29.0 Å². The van der Waals surface area contributed by atoms with Crippen molar-refractivity contribution >= 4 is 28.8 Å². The predicted molar refractivity (Wildman–Crippen MR) is 93.0 cm³/mol. The molecular weight excluding hydrogens is 326 g/mol. The second-order valence-corrected chi connectivity index (χ2v) is 6.28. The van der Waals surface area contributed by atoms with E-state index < -0.39 is 0 Å². The summed E-state index contributed by atoms with van der Waals surface area (Å²) in [5, 5.41) is 20.1. The van der Waals surface area contributed by atoms with Gasteiger partial charge in [-0.2, -0.15) is 15.9 Å². The van der Waals surface area contributed by atoms with E-state index in [4.69, 9.17) is 4.74 Å². The summed E-state index contributed by atoms with van der Waals surface area (Å²) in [6, 6.07) is 5.54. The Morgan fingerprint density at radius 2 is 2.17 bits per heavy atom. The predicted octanol–water partition coefficient (Wildman–Crippen LogP) is 2.85. The Hall–Kier alpha value is -2.48. The van der Waals surface area contributed by atoms with Crippen LogP contribution in [-0.4, -0.2) is 38.4 Å². The van der Waals surface area contributed by atoms with Crippen LogP contribution in [0.25, 0.3) is 17.0 Å². The molecule has 0 saturated carbocycles. The Balaban J connectivity index is 1.83. The molecular formula is C16H19N5O2S. The lowest BCUT2D eigenvalue weighted by Gasteiger charge is -2.20. The summed E-state index contributed by atoms with van der Waals surface area (Å²) >= 11 is 1.60. The molecule has 0 aromatic carbocycles. The Kier molecular flexibility index (Phi) is 4.75. The van der Waals surface area contributed by atoms with E-state index >= 15 is 0 Å². The maximum atomic E-state index is 11.8. The van der Waals surface area contributed by atoms with Gasteiger partial charge in [-0.15, -0.1) is 15.3 Å². The number of carbonyl (C=O) groups excluding carboxylic acids is 1. The van der Waals surface area contributed by atoms with Gasteiger partial charge in [0.15, 0.2) is 11.5 Å². The molecule has 0 spiro atoms. The number of thiophene rings is 1. The van der Waals surface area contributed by atoms with Crippen LogP contribution < -0.4 is 5.32 Å². The quantitative estimate of drug-likeness (QED) is 0.692. The van der Waals surface area contributed by atoms with Crippen LogP contribution >= 0.6 is 11.3 Å². The van der Waals surface area contributed by atoms with Crippen LogP contribution in [0.3, 0.4) is 0 Å². The van der Waals surface area contributed by atoms with Crippen LogP contribution in [0.1, 0.15) is 20.8 Å². The third-order valence-corrected chi connectivity index (χ3v) is 4.51. The van der Waals surface area contributed by atoms with E-state index in [1.807, 2.05) is 42.8 Å². The van der Waals surface area contributed by atoms with Crippen LogP contribution in [0.2, 0.25) is 0 Å². The number of fused-ring (bicyclic) bond motifs is 1. The minimum atomic E-state index is -0.278. The second-order valence-electron chi connectivity index (χ2n) is 5.50. The summed E-state index contributed by atoms with van der Waals surface area (Å²) in [6.45, 7) is 5.95. The third kappa shape index (κ3) is 3.23. The number of hydrogen-bond donors (Lipinski definition) is 1. The first kappa shape index (κ1) is 16.4. The number of hydrogen-bond acceptors (Lipinski definition) is 7. The molecule has 0 unspecified atom stereocenters. The molecule has 3 heterocycles. The fourth-order valence-corrected chi connectivity index (χ4v) is 2.91. The lowest BCUT2D eigenvalue weighted by molar-refractivity contribution is -0.147. The molecule has 0 bridgehead atoms. The lowest BCUT2D eigenvalue weighted by atomic mass is 10.0. The van der Waals surface area contributed by atoms with Crippen molar-refractivity contribution in [2.45, 2.75) is 26.8 Å². The molecule has 0 aliphatic heterocycles. The molecule has 3 aromatic rings. The fourth-order valence-electron chi connectivity index (χ4n) is 2.27. The van der Waals surface area contributed by atoms with Crippen molar-refractivity contribution in [3.05, 3.63) is 29.0 Å². The number of ether oxygens (including phenoxy) is 1. The van der Waals surface area contributed by atoms with Crippen LogP contribution in [0.4, 0.5) is 5.82 Å². The first-order chi connectivity index (χ1) is 11.6. The zero-order chi connectivity index (χ0) is 17.1. The highest BCUT2D eigenvalue weighted by molar-refractivity contribution is 7.08. The molecule has 0 amide bonds. The molecule has 7 nitrogen and oxygen atoms in total. The minimum Gasteiger partial charge on any atom is -0.466 e. The summed E-state index contributed by atoms with van der Waals surface area (Å²) in [7, 11) is 0. The number of anilines is 1. The Morgan fingerprint density at radius 1 is 1.33 bits per heavy atom. The standard InChI is InChI=1S/C16H19N5O2S/c1-4-23-16(22)10(2)11(3)17-13-5-6-14-18-19-15(21(14)20-13)12-7-8-24-9-12/h5-11H,4H2,1-3H3,(H,17,20)/t10-,11-/m0/s1. The SMILES string of the molecule is CCOC(=O)[C@@H](C)[C@H](C)Nc1ccc2nnc(-c3ccsc3)n2n1. The van der Waals surface area contributed by atoms with Crippen LogP contribution in [-0.2, 0) is 9.53 Å². The van der Waals surface area contributed by atoms with Gasteiger partial charge in [-0.25, -0.2) is 0 Å². The number of aromatic nitrogens is 4. The molecule has 1 N–H and O–H groups in total. The minimum absolute atomic E-state index is 0.116. The highest BCUT2D eigenvalue weighted by atomic mass is 32.1. The van der Waals surface area contributed by atoms with Crippen molar-refractivity contribution < 1.29 is 9.53 Å². The monoisotopic (exact) mass is 345 g/mol. The van der Waals surface area contributed by atoms with E-state index in [0.717, 1.165) is 5.56 Å². The Morgan fingerprint density at radius 3 is 2.88 bits per heavy atom. The van der Waals surface area contributed by atoms with Crippen molar-refractivity contribution in [1.82, 2.24) is 19.8 Å². The lowest BCUT2D eigenvalue weighted by Crippen LogP contribution is -2.31. The largest absolute Gasteiger partial charge is 0.466 e. The van der Waals surface area contributed by atoms with Gasteiger partial charge < -0.3 is 10.1 Å². The van der Waals surface area contributed by atoms with Gasteiger partial charge in [-0.1, -0.05) is 0 Å². The summed E-state index contributed by atoms with van der Waals surface area (Å²) in [5.74, 6) is 0.852. The Bertz CT molecular complexity index is 830. The molecule has 24 heavy (non-hydrogen) atoms. The van der Waals surface area contributed by atoms with Crippen molar-refractivity contribution in [3.8, 4) is 11.4 Å². The van der Waals surface area contributed by atoms with Crippen molar-refractivity contribution in [3.63, 3.8) is 0 Å². The number of carbonyl (C=O) groups is 1. The summed E-state index contributed by atoms with van der Waals surface area (Å²) < 4.78 is 6.77. The molecule has 0 aliphatic rings. The van der Waals surface area contributed by atoms with Crippen LogP contribution in [0.5, 0.6) is 0 Å². The molecule has 0 fully saturated rings. The first-order valence-electron chi connectivity index (χ1n) is 7.78. The molecule has 2 atom stereocenters. The number of nitrogens with one attached hydrogen (secondary N) is 1. The topological polar surface area (TPSA) is 81.4 Å². The van der Waals surface area contributed by atoms with E-state index in [-0.39, 0.29) is 17.9 Å². The molecule has 3 aromatic heterocycles. The highest BCUT2D eigenvalue weighted by Crippen LogP contribution is 2.21. The van der Waals surface area contributed by atoms with Gasteiger partial charge in [0.2, 0.25) is 0 Å². The highest BCUT2D eigenvalue weighted by Gasteiger charge is 2.22. The molecule has 8 heteroatoms. The van der Waals surface area contributed by atoms with E-state index in [2.05, 4.69) is 20.6 Å². The summed E-state index contributed by atoms with van der Waals surface area (Å²) in [6.07, 6.45) is 0. The normalized spacial score (nSPS) is 13.6. The van der Waals surface area contributed by atoms with E-state index in [1.54, 1.807) is 22.8 Å². The maximum Gasteiger partial charge on any atom is 0.310 e. The van der Waals surface area contributed by atoms with Gasteiger partial charge >= 0.3 is 5.97 Å². The smallest absolute Gasteiger partial charge is 0.310 e. The number of esters is 1.